The molecule has 0 aliphatic carbocycles. The molecule has 0 bridgehead atoms. The van der Waals surface area contributed by atoms with Crippen LogP contribution in [0, 0.1) is 11.8 Å². The number of rotatable bonds is 5. The van der Waals surface area contributed by atoms with E-state index < -0.39 is 8.32 Å². The Bertz CT molecular complexity index is 432. The number of allylic oxidation sites excluding steroid dienone is 2. The summed E-state index contributed by atoms with van der Waals surface area (Å²) in [6, 6.07) is 0. The van der Waals surface area contributed by atoms with Crippen molar-refractivity contribution in [2.24, 2.45) is 11.8 Å². The first kappa shape index (κ1) is 19.4. The summed E-state index contributed by atoms with van der Waals surface area (Å²) in [7, 11) is -1.85. The molecule has 128 valence electrons. The molecule has 1 aliphatic rings. The van der Waals surface area contributed by atoms with Crippen LogP contribution in [-0.4, -0.2) is 26.3 Å². The van der Waals surface area contributed by atoms with Crippen LogP contribution in [0.1, 0.15) is 54.9 Å². The van der Waals surface area contributed by atoms with Crippen molar-refractivity contribution < 1.29 is 14.0 Å². The summed E-state index contributed by atoms with van der Waals surface area (Å²) in [4.78, 5) is 11.8. The standard InChI is InChI=1S/C18H34O3Si/c1-12(2)17(21-22(8,9)18(5,6)7)14(4)16-11-15(19)10-13(3)20-16/h10,12,14,16-17H,11H2,1-9H3/t14-,16+,17-/m1/s1. The molecular weight excluding hydrogens is 292 g/mol. The van der Waals surface area contributed by atoms with E-state index in [0.29, 0.717) is 12.3 Å². The van der Waals surface area contributed by atoms with Gasteiger partial charge in [0.1, 0.15) is 6.10 Å². The van der Waals surface area contributed by atoms with Crippen LogP contribution in [0.3, 0.4) is 0 Å². The average molecular weight is 327 g/mol. The molecule has 0 N–H and O–H groups in total. The minimum Gasteiger partial charge on any atom is -0.494 e. The minimum atomic E-state index is -1.85. The summed E-state index contributed by atoms with van der Waals surface area (Å²) in [6.45, 7) is 19.8. The second-order valence-corrected chi connectivity index (χ2v) is 13.3. The Kier molecular flexibility index (Phi) is 6.07. The Morgan fingerprint density at radius 1 is 1.27 bits per heavy atom. The van der Waals surface area contributed by atoms with E-state index >= 15 is 0 Å². The molecule has 0 aromatic rings. The smallest absolute Gasteiger partial charge is 0.192 e. The van der Waals surface area contributed by atoms with E-state index in [1.807, 2.05) is 6.92 Å². The third kappa shape index (κ3) is 4.69. The summed E-state index contributed by atoms with van der Waals surface area (Å²) in [6.07, 6.45) is 2.10. The Morgan fingerprint density at radius 2 is 1.82 bits per heavy atom. The maximum atomic E-state index is 11.8. The van der Waals surface area contributed by atoms with Gasteiger partial charge in [-0.25, -0.2) is 0 Å². The Morgan fingerprint density at radius 3 is 2.23 bits per heavy atom. The van der Waals surface area contributed by atoms with Gasteiger partial charge in [-0.05, 0) is 31.0 Å². The molecule has 0 spiro atoms. The molecule has 0 unspecified atom stereocenters. The quantitative estimate of drug-likeness (QED) is 0.672. The van der Waals surface area contributed by atoms with Crippen molar-refractivity contribution >= 4 is 14.1 Å². The van der Waals surface area contributed by atoms with Crippen LogP contribution in [-0.2, 0) is 14.0 Å². The summed E-state index contributed by atoms with van der Waals surface area (Å²) in [5, 5.41) is 0.179. The maximum absolute atomic E-state index is 11.8. The van der Waals surface area contributed by atoms with Gasteiger partial charge in [0, 0.05) is 18.4 Å². The molecule has 4 heteroatoms. The van der Waals surface area contributed by atoms with E-state index in [-0.39, 0.29) is 28.9 Å². The molecule has 0 fully saturated rings. The van der Waals surface area contributed by atoms with Crippen LogP contribution < -0.4 is 0 Å². The van der Waals surface area contributed by atoms with Gasteiger partial charge in [0.2, 0.25) is 0 Å². The van der Waals surface area contributed by atoms with E-state index in [9.17, 15) is 4.79 Å². The normalized spacial score (nSPS) is 23.1. The van der Waals surface area contributed by atoms with Crippen LogP contribution >= 0.6 is 0 Å². The zero-order chi connectivity index (χ0) is 17.3. The molecule has 0 amide bonds. The van der Waals surface area contributed by atoms with Gasteiger partial charge in [-0.2, -0.15) is 0 Å². The van der Waals surface area contributed by atoms with Crippen molar-refractivity contribution in [3.8, 4) is 0 Å². The molecule has 0 saturated heterocycles. The fraction of sp³-hybridized carbons (Fsp3) is 0.833. The number of carbonyl (C=O) groups is 1. The number of carbonyl (C=O) groups excluding carboxylic acids is 1. The lowest BCUT2D eigenvalue weighted by Gasteiger charge is -2.44. The van der Waals surface area contributed by atoms with Crippen LogP contribution in [0.15, 0.2) is 11.8 Å². The summed E-state index contributed by atoms with van der Waals surface area (Å²) in [5.41, 5.74) is 0. The average Bonchev–Trinajstić information content (AvgIpc) is 2.32. The number of ether oxygens (including phenoxy) is 1. The van der Waals surface area contributed by atoms with Crippen molar-refractivity contribution in [3.05, 3.63) is 11.8 Å². The monoisotopic (exact) mass is 326 g/mol. The molecule has 0 aromatic heterocycles. The van der Waals surface area contributed by atoms with Crippen LogP contribution in [0.4, 0.5) is 0 Å². The number of hydrogen-bond acceptors (Lipinski definition) is 3. The molecule has 1 rings (SSSR count). The molecule has 0 radical (unpaired) electrons. The minimum absolute atomic E-state index is 0.0744. The lowest BCUT2D eigenvalue weighted by Crippen LogP contribution is -2.49. The molecule has 3 nitrogen and oxygen atoms in total. The lowest BCUT2D eigenvalue weighted by molar-refractivity contribution is -0.121. The lowest BCUT2D eigenvalue weighted by atomic mass is 9.87. The van der Waals surface area contributed by atoms with E-state index in [2.05, 4.69) is 54.6 Å². The second-order valence-electron chi connectivity index (χ2n) is 8.53. The highest BCUT2D eigenvalue weighted by Gasteiger charge is 2.42. The van der Waals surface area contributed by atoms with Gasteiger partial charge in [0.15, 0.2) is 14.1 Å². The number of hydrogen-bond donors (Lipinski definition) is 0. The van der Waals surface area contributed by atoms with Gasteiger partial charge in [0.05, 0.1) is 11.9 Å². The third-order valence-corrected chi connectivity index (χ3v) is 9.58. The highest BCUT2D eigenvalue weighted by atomic mass is 28.4. The molecule has 0 saturated carbocycles. The SMILES string of the molecule is CC1=CC(=O)C[C@@H]([C@@H](C)[C@H](O[Si](C)(C)C(C)(C)C)C(C)C)O1. The first-order chi connectivity index (χ1) is 9.85. The van der Waals surface area contributed by atoms with Crippen LogP contribution in [0.2, 0.25) is 18.1 Å². The number of ketones is 1. The molecule has 0 aromatic carbocycles. The Hall–Kier alpha value is -0.613. The first-order valence-corrected chi connectivity index (χ1v) is 11.3. The third-order valence-electron chi connectivity index (χ3n) is 5.10. The molecule has 3 atom stereocenters. The van der Waals surface area contributed by atoms with Crippen molar-refractivity contribution in [3.63, 3.8) is 0 Å². The fourth-order valence-electron chi connectivity index (χ4n) is 2.67. The maximum Gasteiger partial charge on any atom is 0.192 e. The van der Waals surface area contributed by atoms with E-state index in [0.717, 1.165) is 5.76 Å². The summed E-state index contributed by atoms with van der Waals surface area (Å²) in [5.74, 6) is 1.48. The van der Waals surface area contributed by atoms with Gasteiger partial charge < -0.3 is 9.16 Å². The van der Waals surface area contributed by atoms with Crippen LogP contribution in [0.25, 0.3) is 0 Å². The highest BCUT2D eigenvalue weighted by Crippen LogP contribution is 2.40. The van der Waals surface area contributed by atoms with Crippen molar-refractivity contribution in [2.45, 2.75) is 85.2 Å². The van der Waals surface area contributed by atoms with Gasteiger partial charge >= 0.3 is 0 Å². The topological polar surface area (TPSA) is 35.5 Å². The van der Waals surface area contributed by atoms with Gasteiger partial charge in [-0.3, -0.25) is 4.79 Å². The molecule has 22 heavy (non-hydrogen) atoms. The predicted molar refractivity (Wildman–Crippen MR) is 94.3 cm³/mol. The largest absolute Gasteiger partial charge is 0.494 e. The van der Waals surface area contributed by atoms with Gasteiger partial charge in [-0.15, -0.1) is 0 Å². The van der Waals surface area contributed by atoms with Gasteiger partial charge in [0.25, 0.3) is 0 Å². The predicted octanol–water partition coefficient (Wildman–Crippen LogP) is 4.93. The Balaban J connectivity index is 2.92. The second kappa shape index (κ2) is 6.87. The summed E-state index contributed by atoms with van der Waals surface area (Å²) >= 11 is 0. The van der Waals surface area contributed by atoms with Crippen molar-refractivity contribution in [2.75, 3.05) is 0 Å². The molecule has 1 aliphatic heterocycles. The van der Waals surface area contributed by atoms with E-state index in [4.69, 9.17) is 9.16 Å². The molecular formula is C18H34O3Si. The van der Waals surface area contributed by atoms with Crippen molar-refractivity contribution in [1.82, 2.24) is 0 Å². The first-order valence-electron chi connectivity index (χ1n) is 8.40. The zero-order valence-corrected chi connectivity index (χ0v) is 16.8. The Labute approximate surface area is 137 Å². The van der Waals surface area contributed by atoms with Crippen LogP contribution in [0.5, 0.6) is 0 Å². The van der Waals surface area contributed by atoms with Crippen molar-refractivity contribution in [1.29, 1.82) is 0 Å². The van der Waals surface area contributed by atoms with E-state index in [1.54, 1.807) is 6.08 Å². The highest BCUT2D eigenvalue weighted by molar-refractivity contribution is 6.74. The molecule has 1 heterocycles. The van der Waals surface area contributed by atoms with Gasteiger partial charge in [-0.1, -0.05) is 41.5 Å². The zero-order valence-electron chi connectivity index (χ0n) is 15.8. The van der Waals surface area contributed by atoms with E-state index in [1.165, 1.54) is 0 Å². The summed E-state index contributed by atoms with van der Waals surface area (Å²) < 4.78 is 12.6. The fourth-order valence-corrected chi connectivity index (χ4v) is 4.19.